The van der Waals surface area contributed by atoms with E-state index in [0.717, 1.165) is 45.6 Å². The van der Waals surface area contributed by atoms with Crippen molar-refractivity contribution in [1.29, 1.82) is 0 Å². The van der Waals surface area contributed by atoms with Crippen LogP contribution in [-0.2, 0) is 6.42 Å². The third kappa shape index (κ3) is 5.00. The van der Waals surface area contributed by atoms with Crippen LogP contribution in [0, 0.1) is 0 Å². The Balaban J connectivity index is 1.50. The highest BCUT2D eigenvalue weighted by molar-refractivity contribution is 5.93. The lowest BCUT2D eigenvalue weighted by molar-refractivity contribution is 0.0658. The molecule has 0 radical (unpaired) electrons. The number of amides is 1. The van der Waals surface area contributed by atoms with Gasteiger partial charge in [-0.2, -0.15) is 0 Å². The summed E-state index contributed by atoms with van der Waals surface area (Å²) in [6.45, 7) is 4.12. The molecule has 1 amide bonds. The highest BCUT2D eigenvalue weighted by Gasteiger charge is 2.21. The molecule has 1 N–H and O–H groups in total. The summed E-state index contributed by atoms with van der Waals surface area (Å²) in [7, 11) is 2.07. The normalized spacial score (nSPS) is 15.2. The van der Waals surface area contributed by atoms with Crippen LogP contribution in [-0.4, -0.2) is 65.4 Å². The van der Waals surface area contributed by atoms with Gasteiger partial charge in [0.15, 0.2) is 0 Å². The van der Waals surface area contributed by atoms with Crippen LogP contribution in [0.4, 0.5) is 5.82 Å². The molecule has 0 saturated carbocycles. The Morgan fingerprint density at radius 1 is 1.12 bits per heavy atom. The fraction of sp³-hybridized carbons (Fsp3) is 0.421. The molecule has 1 aromatic carbocycles. The molecule has 25 heavy (non-hydrogen) atoms. The molecule has 132 valence electrons. The highest BCUT2D eigenvalue weighted by atomic mass is 16.2. The van der Waals surface area contributed by atoms with Gasteiger partial charge in [0.1, 0.15) is 17.8 Å². The Kier molecular flexibility index (Phi) is 5.95. The SMILES string of the molecule is CN1CCN(C(=O)c2cc(NCCCc3ccccc3)ncn2)CC1. The number of aryl methyl sites for hydroxylation is 1. The van der Waals surface area contributed by atoms with E-state index in [9.17, 15) is 4.79 Å². The van der Waals surface area contributed by atoms with E-state index in [4.69, 9.17) is 0 Å². The number of carbonyl (C=O) groups excluding carboxylic acids is 1. The second kappa shape index (κ2) is 8.58. The zero-order valence-electron chi connectivity index (χ0n) is 14.7. The molecular weight excluding hydrogens is 314 g/mol. The number of rotatable bonds is 6. The summed E-state index contributed by atoms with van der Waals surface area (Å²) in [5.41, 5.74) is 1.79. The van der Waals surface area contributed by atoms with Crippen LogP contribution in [0.1, 0.15) is 22.5 Å². The average Bonchev–Trinajstić information content (AvgIpc) is 2.66. The van der Waals surface area contributed by atoms with Crippen molar-refractivity contribution in [2.75, 3.05) is 45.1 Å². The van der Waals surface area contributed by atoms with E-state index >= 15 is 0 Å². The van der Waals surface area contributed by atoms with E-state index in [2.05, 4.69) is 51.5 Å². The van der Waals surface area contributed by atoms with Crippen LogP contribution in [0.2, 0.25) is 0 Å². The van der Waals surface area contributed by atoms with Gasteiger partial charge in [-0.3, -0.25) is 4.79 Å². The van der Waals surface area contributed by atoms with Gasteiger partial charge in [-0.05, 0) is 25.5 Å². The fourth-order valence-corrected chi connectivity index (χ4v) is 2.90. The molecule has 0 spiro atoms. The lowest BCUT2D eigenvalue weighted by Gasteiger charge is -2.32. The molecular formula is C19H25N5O. The van der Waals surface area contributed by atoms with Crippen molar-refractivity contribution < 1.29 is 4.79 Å². The number of piperazine rings is 1. The number of hydrogen-bond donors (Lipinski definition) is 1. The Hall–Kier alpha value is -2.47. The van der Waals surface area contributed by atoms with Gasteiger partial charge in [0.2, 0.25) is 0 Å². The molecule has 3 rings (SSSR count). The number of nitrogens with one attached hydrogen (secondary N) is 1. The standard InChI is InChI=1S/C19H25N5O/c1-23-10-12-24(13-11-23)19(25)17-14-18(22-15-21-17)20-9-5-8-16-6-3-2-4-7-16/h2-4,6-7,14-15H,5,8-13H2,1H3,(H,20,21,22). The zero-order chi connectivity index (χ0) is 17.5. The summed E-state index contributed by atoms with van der Waals surface area (Å²) in [5.74, 6) is 0.698. The number of anilines is 1. The van der Waals surface area contributed by atoms with Crippen LogP contribution in [0.5, 0.6) is 0 Å². The minimum Gasteiger partial charge on any atom is -0.370 e. The molecule has 1 fully saturated rings. The van der Waals surface area contributed by atoms with Crippen LogP contribution in [0.15, 0.2) is 42.7 Å². The molecule has 1 aliphatic rings. The highest BCUT2D eigenvalue weighted by Crippen LogP contribution is 2.10. The van der Waals surface area contributed by atoms with Crippen molar-refractivity contribution in [3.8, 4) is 0 Å². The minimum atomic E-state index is -0.0113. The Morgan fingerprint density at radius 2 is 1.88 bits per heavy atom. The maximum atomic E-state index is 12.6. The molecule has 6 nitrogen and oxygen atoms in total. The molecule has 0 aliphatic carbocycles. The summed E-state index contributed by atoms with van der Waals surface area (Å²) in [5, 5.41) is 3.29. The molecule has 0 atom stereocenters. The largest absolute Gasteiger partial charge is 0.370 e. The molecule has 6 heteroatoms. The van der Waals surface area contributed by atoms with Crippen molar-refractivity contribution in [3.63, 3.8) is 0 Å². The number of aromatic nitrogens is 2. The zero-order valence-corrected chi connectivity index (χ0v) is 14.7. The fourth-order valence-electron chi connectivity index (χ4n) is 2.90. The van der Waals surface area contributed by atoms with E-state index < -0.39 is 0 Å². The second-order valence-corrected chi connectivity index (χ2v) is 6.40. The third-order valence-electron chi connectivity index (χ3n) is 4.47. The minimum absolute atomic E-state index is 0.0113. The first kappa shape index (κ1) is 17.4. The molecule has 1 aliphatic heterocycles. The van der Waals surface area contributed by atoms with Crippen molar-refractivity contribution in [1.82, 2.24) is 19.8 Å². The van der Waals surface area contributed by atoms with E-state index in [1.54, 1.807) is 6.07 Å². The van der Waals surface area contributed by atoms with Gasteiger partial charge < -0.3 is 15.1 Å². The monoisotopic (exact) mass is 339 g/mol. The van der Waals surface area contributed by atoms with Crippen molar-refractivity contribution in [2.24, 2.45) is 0 Å². The number of hydrogen-bond acceptors (Lipinski definition) is 5. The van der Waals surface area contributed by atoms with Gasteiger partial charge in [-0.15, -0.1) is 0 Å². The molecule has 1 saturated heterocycles. The predicted octanol–water partition coefficient (Wildman–Crippen LogP) is 1.91. The van der Waals surface area contributed by atoms with Gasteiger partial charge in [-0.25, -0.2) is 9.97 Å². The van der Waals surface area contributed by atoms with E-state index in [-0.39, 0.29) is 5.91 Å². The van der Waals surface area contributed by atoms with Gasteiger partial charge in [0, 0.05) is 38.8 Å². The van der Waals surface area contributed by atoms with Gasteiger partial charge in [0.25, 0.3) is 5.91 Å². The molecule has 0 bridgehead atoms. The number of nitrogens with zero attached hydrogens (tertiary/aromatic N) is 4. The first-order valence-corrected chi connectivity index (χ1v) is 8.80. The summed E-state index contributed by atoms with van der Waals surface area (Å²) in [4.78, 5) is 25.0. The lowest BCUT2D eigenvalue weighted by Crippen LogP contribution is -2.47. The first-order chi connectivity index (χ1) is 12.2. The average molecular weight is 339 g/mol. The van der Waals surface area contributed by atoms with Crippen LogP contribution in [0.3, 0.4) is 0 Å². The van der Waals surface area contributed by atoms with Crippen molar-refractivity contribution in [3.05, 3.63) is 54.0 Å². The van der Waals surface area contributed by atoms with E-state index in [1.807, 2.05) is 11.0 Å². The lowest BCUT2D eigenvalue weighted by atomic mass is 10.1. The van der Waals surface area contributed by atoms with Gasteiger partial charge in [0.05, 0.1) is 0 Å². The van der Waals surface area contributed by atoms with E-state index in [1.165, 1.54) is 11.9 Å². The summed E-state index contributed by atoms with van der Waals surface area (Å²) < 4.78 is 0. The molecule has 2 aromatic rings. The van der Waals surface area contributed by atoms with Crippen LogP contribution in [0.25, 0.3) is 0 Å². The molecule has 0 unspecified atom stereocenters. The summed E-state index contributed by atoms with van der Waals surface area (Å²) in [6, 6.07) is 12.2. The number of likely N-dealkylation sites (N-methyl/N-ethyl adjacent to an activating group) is 1. The van der Waals surface area contributed by atoms with Crippen molar-refractivity contribution in [2.45, 2.75) is 12.8 Å². The van der Waals surface area contributed by atoms with E-state index in [0.29, 0.717) is 11.5 Å². The Morgan fingerprint density at radius 3 is 2.64 bits per heavy atom. The molecule has 2 heterocycles. The first-order valence-electron chi connectivity index (χ1n) is 8.80. The van der Waals surface area contributed by atoms with Crippen LogP contribution < -0.4 is 5.32 Å². The smallest absolute Gasteiger partial charge is 0.272 e. The van der Waals surface area contributed by atoms with Gasteiger partial charge in [-0.1, -0.05) is 30.3 Å². The third-order valence-corrected chi connectivity index (χ3v) is 4.47. The number of carbonyl (C=O) groups is 1. The van der Waals surface area contributed by atoms with Gasteiger partial charge >= 0.3 is 0 Å². The Bertz CT molecular complexity index is 683. The van der Waals surface area contributed by atoms with Crippen molar-refractivity contribution >= 4 is 11.7 Å². The van der Waals surface area contributed by atoms with Crippen LogP contribution >= 0.6 is 0 Å². The summed E-state index contributed by atoms with van der Waals surface area (Å²) in [6.07, 6.45) is 3.49. The number of benzene rings is 1. The predicted molar refractivity (Wildman–Crippen MR) is 98.7 cm³/mol. The Labute approximate surface area is 148 Å². The topological polar surface area (TPSA) is 61.4 Å². The summed E-state index contributed by atoms with van der Waals surface area (Å²) >= 11 is 0. The maximum absolute atomic E-state index is 12.6. The second-order valence-electron chi connectivity index (χ2n) is 6.40. The quantitative estimate of drug-likeness (QED) is 0.815. The maximum Gasteiger partial charge on any atom is 0.272 e. The molecule has 1 aromatic heterocycles.